The fourth-order valence-electron chi connectivity index (χ4n) is 2.56. The standard InChI is InChI=1S/C22H25NO/c1-5-6-13-21(20-12-9-10-17(2)18(20)3)23-16-15-19-11-7-8-14-22(19)24-4/h7-12,14H,5-6,13H2,1-4H3. The van der Waals surface area contributed by atoms with E-state index in [0.29, 0.717) is 0 Å². The number of para-hydroxylation sites is 1. The summed E-state index contributed by atoms with van der Waals surface area (Å²) in [7, 11) is 1.66. The normalized spacial score (nSPS) is 10.9. The van der Waals surface area contributed by atoms with Gasteiger partial charge in [-0.25, -0.2) is 4.99 Å². The van der Waals surface area contributed by atoms with E-state index in [-0.39, 0.29) is 0 Å². The Morgan fingerprint density at radius 2 is 1.88 bits per heavy atom. The van der Waals surface area contributed by atoms with Gasteiger partial charge < -0.3 is 4.74 Å². The van der Waals surface area contributed by atoms with Crippen LogP contribution in [0.3, 0.4) is 0 Å². The maximum Gasteiger partial charge on any atom is 0.134 e. The molecule has 24 heavy (non-hydrogen) atoms. The molecule has 0 N–H and O–H groups in total. The largest absolute Gasteiger partial charge is 0.495 e. The van der Waals surface area contributed by atoms with Crippen molar-refractivity contribution in [1.82, 2.24) is 0 Å². The quantitative estimate of drug-likeness (QED) is 0.541. The predicted molar refractivity (Wildman–Crippen MR) is 102 cm³/mol. The minimum atomic E-state index is 0.780. The van der Waals surface area contributed by atoms with Crippen LogP contribution in [0.1, 0.15) is 48.4 Å². The highest BCUT2D eigenvalue weighted by molar-refractivity contribution is 6.02. The number of hydrogen-bond donors (Lipinski definition) is 0. The molecule has 0 fully saturated rings. The summed E-state index contributed by atoms with van der Waals surface area (Å²) in [6.07, 6.45) is 3.20. The van der Waals surface area contributed by atoms with Crippen LogP contribution < -0.4 is 4.74 Å². The lowest BCUT2D eigenvalue weighted by molar-refractivity contribution is 0.413. The van der Waals surface area contributed by atoms with Crippen molar-refractivity contribution in [3.05, 3.63) is 64.7 Å². The molecule has 0 amide bonds. The van der Waals surface area contributed by atoms with Gasteiger partial charge in [0.2, 0.25) is 0 Å². The minimum Gasteiger partial charge on any atom is -0.495 e. The van der Waals surface area contributed by atoms with Crippen LogP contribution in [0.15, 0.2) is 47.5 Å². The molecule has 0 aliphatic heterocycles. The van der Waals surface area contributed by atoms with Crippen molar-refractivity contribution in [2.75, 3.05) is 7.11 Å². The molecule has 2 rings (SSSR count). The third-order valence-electron chi connectivity index (χ3n) is 4.17. The summed E-state index contributed by atoms with van der Waals surface area (Å²) < 4.78 is 5.34. The van der Waals surface area contributed by atoms with E-state index in [1.165, 1.54) is 16.7 Å². The van der Waals surface area contributed by atoms with Gasteiger partial charge >= 0.3 is 0 Å². The first-order chi connectivity index (χ1) is 11.7. The maximum atomic E-state index is 5.34. The zero-order valence-corrected chi connectivity index (χ0v) is 15.0. The number of aryl methyl sites for hydroxylation is 1. The van der Waals surface area contributed by atoms with Crippen LogP contribution in [0.25, 0.3) is 0 Å². The Hall–Kier alpha value is -2.53. The Kier molecular flexibility index (Phi) is 6.63. The van der Waals surface area contributed by atoms with Gasteiger partial charge in [0, 0.05) is 6.04 Å². The number of benzene rings is 2. The van der Waals surface area contributed by atoms with E-state index in [2.05, 4.69) is 55.9 Å². The van der Waals surface area contributed by atoms with Gasteiger partial charge in [-0.05, 0) is 61.4 Å². The van der Waals surface area contributed by atoms with Gasteiger partial charge in [0.05, 0.1) is 18.4 Å². The molecule has 0 atom stereocenters. The molecule has 0 heterocycles. The van der Waals surface area contributed by atoms with E-state index >= 15 is 0 Å². The SMILES string of the molecule is CCCCC(=NC#Cc1ccccc1OC)c1cccc(C)c1C. The molecule has 2 heteroatoms. The number of aliphatic imine (C=N–C) groups is 1. The highest BCUT2D eigenvalue weighted by Gasteiger charge is 2.07. The topological polar surface area (TPSA) is 21.6 Å². The average molecular weight is 319 g/mol. The predicted octanol–water partition coefficient (Wildman–Crippen LogP) is 5.30. The monoisotopic (exact) mass is 319 g/mol. The van der Waals surface area contributed by atoms with E-state index in [0.717, 1.165) is 36.3 Å². The smallest absolute Gasteiger partial charge is 0.134 e. The first-order valence-electron chi connectivity index (χ1n) is 8.44. The highest BCUT2D eigenvalue weighted by Crippen LogP contribution is 2.18. The highest BCUT2D eigenvalue weighted by atomic mass is 16.5. The zero-order valence-electron chi connectivity index (χ0n) is 15.0. The summed E-state index contributed by atoms with van der Waals surface area (Å²) in [6.45, 7) is 6.48. The second kappa shape index (κ2) is 8.93. The van der Waals surface area contributed by atoms with Crippen molar-refractivity contribution in [2.24, 2.45) is 4.99 Å². The van der Waals surface area contributed by atoms with Crippen LogP contribution in [-0.4, -0.2) is 12.8 Å². The molecule has 2 aromatic rings. The number of ether oxygens (including phenoxy) is 1. The molecule has 0 spiro atoms. The van der Waals surface area contributed by atoms with Gasteiger partial charge in [-0.3, -0.25) is 0 Å². The van der Waals surface area contributed by atoms with Gasteiger partial charge in [-0.2, -0.15) is 0 Å². The summed E-state index contributed by atoms with van der Waals surface area (Å²) in [5.41, 5.74) is 5.71. The molecule has 2 nitrogen and oxygen atoms in total. The average Bonchev–Trinajstić information content (AvgIpc) is 2.61. The van der Waals surface area contributed by atoms with Gasteiger partial charge in [-0.1, -0.05) is 43.7 Å². The third kappa shape index (κ3) is 4.49. The van der Waals surface area contributed by atoms with E-state index in [1.54, 1.807) is 7.11 Å². The van der Waals surface area contributed by atoms with Gasteiger partial charge in [-0.15, -0.1) is 0 Å². The van der Waals surface area contributed by atoms with Gasteiger partial charge in [0.25, 0.3) is 0 Å². The second-order valence-electron chi connectivity index (χ2n) is 5.85. The summed E-state index contributed by atoms with van der Waals surface area (Å²) in [4.78, 5) is 4.60. The van der Waals surface area contributed by atoms with Crippen LogP contribution in [0, 0.1) is 25.8 Å². The molecule has 0 unspecified atom stereocenters. The Bertz CT molecular complexity index is 778. The van der Waals surface area contributed by atoms with Crippen molar-refractivity contribution in [3.63, 3.8) is 0 Å². The molecule has 0 aliphatic carbocycles. The van der Waals surface area contributed by atoms with Crippen LogP contribution in [0.2, 0.25) is 0 Å². The lowest BCUT2D eigenvalue weighted by atomic mass is 9.97. The lowest BCUT2D eigenvalue weighted by Gasteiger charge is -2.10. The fourth-order valence-corrected chi connectivity index (χ4v) is 2.56. The minimum absolute atomic E-state index is 0.780. The number of nitrogens with zero attached hydrogens (tertiary/aromatic N) is 1. The molecule has 0 saturated heterocycles. The Morgan fingerprint density at radius 3 is 2.62 bits per heavy atom. The van der Waals surface area contributed by atoms with E-state index in [9.17, 15) is 0 Å². The van der Waals surface area contributed by atoms with Crippen molar-refractivity contribution in [3.8, 4) is 17.7 Å². The molecule has 0 aromatic heterocycles. The third-order valence-corrected chi connectivity index (χ3v) is 4.17. The molecule has 0 radical (unpaired) electrons. The van der Waals surface area contributed by atoms with Crippen LogP contribution in [0.4, 0.5) is 0 Å². The summed E-state index contributed by atoms with van der Waals surface area (Å²) >= 11 is 0. The van der Waals surface area contributed by atoms with Gasteiger partial charge in [0.15, 0.2) is 0 Å². The molecule has 2 aromatic carbocycles. The number of unbranched alkanes of at least 4 members (excludes halogenated alkanes) is 1. The molecule has 0 aliphatic rings. The first-order valence-corrected chi connectivity index (χ1v) is 8.44. The zero-order chi connectivity index (χ0) is 17.4. The first kappa shape index (κ1) is 17.8. The fraction of sp³-hybridized carbons (Fsp3) is 0.318. The summed E-state index contributed by atoms with van der Waals surface area (Å²) in [5, 5.41) is 0. The Balaban J connectivity index is 2.37. The van der Waals surface area contributed by atoms with Gasteiger partial charge in [0.1, 0.15) is 5.75 Å². The molecular weight excluding hydrogens is 294 g/mol. The van der Waals surface area contributed by atoms with Crippen LogP contribution in [-0.2, 0) is 0 Å². The van der Waals surface area contributed by atoms with E-state index in [4.69, 9.17) is 4.74 Å². The molecular formula is C22H25NO. The van der Waals surface area contributed by atoms with Crippen molar-refractivity contribution >= 4 is 5.71 Å². The molecule has 124 valence electrons. The molecule has 0 bridgehead atoms. The number of rotatable bonds is 5. The summed E-state index contributed by atoms with van der Waals surface area (Å²) in [5.74, 6) is 3.89. The second-order valence-corrected chi connectivity index (χ2v) is 5.85. The summed E-state index contributed by atoms with van der Waals surface area (Å²) in [6, 6.07) is 17.1. The molecule has 0 saturated carbocycles. The van der Waals surface area contributed by atoms with E-state index in [1.807, 2.05) is 24.3 Å². The maximum absolute atomic E-state index is 5.34. The Morgan fingerprint density at radius 1 is 1.08 bits per heavy atom. The van der Waals surface area contributed by atoms with E-state index < -0.39 is 0 Å². The van der Waals surface area contributed by atoms with Crippen molar-refractivity contribution in [2.45, 2.75) is 40.0 Å². The van der Waals surface area contributed by atoms with Crippen molar-refractivity contribution in [1.29, 1.82) is 0 Å². The number of methoxy groups -OCH3 is 1. The van der Waals surface area contributed by atoms with Crippen molar-refractivity contribution < 1.29 is 4.74 Å². The number of hydrogen-bond acceptors (Lipinski definition) is 2. The van der Waals surface area contributed by atoms with Crippen LogP contribution in [0.5, 0.6) is 5.75 Å². The lowest BCUT2D eigenvalue weighted by Crippen LogP contribution is -2.04. The van der Waals surface area contributed by atoms with Crippen LogP contribution >= 0.6 is 0 Å². The Labute approximate surface area is 145 Å².